The summed E-state index contributed by atoms with van der Waals surface area (Å²) in [7, 11) is 0. The fraction of sp³-hybridized carbons (Fsp3) is 0.0909. The molecule has 2 rings (SSSR count). The average Bonchev–Trinajstić information content (AvgIpc) is 2.29. The molecule has 0 aliphatic heterocycles. The van der Waals surface area contributed by atoms with E-state index in [0.29, 0.717) is 0 Å². The number of hydrogen-bond acceptors (Lipinski definition) is 3. The second-order valence-corrected chi connectivity index (χ2v) is 3.90. The van der Waals surface area contributed by atoms with Gasteiger partial charge >= 0.3 is 0 Å². The lowest BCUT2D eigenvalue weighted by molar-refractivity contribution is 0.281. The normalized spacial score (nSPS) is 10.3. The third-order valence-electron chi connectivity index (χ3n) is 1.99. The maximum atomic E-state index is 8.99. The van der Waals surface area contributed by atoms with Gasteiger partial charge in [0, 0.05) is 18.0 Å². The van der Waals surface area contributed by atoms with Gasteiger partial charge in [0.15, 0.2) is 0 Å². The lowest BCUT2D eigenvalue weighted by Crippen LogP contribution is -1.89. The van der Waals surface area contributed by atoms with Crippen LogP contribution in [0.4, 0.5) is 0 Å². The molecule has 0 unspecified atom stereocenters. The summed E-state index contributed by atoms with van der Waals surface area (Å²) in [5.74, 6) is 0. The Morgan fingerprint density at radius 1 is 1.27 bits per heavy atom. The van der Waals surface area contributed by atoms with E-state index in [2.05, 4.69) is 25.9 Å². The zero-order valence-corrected chi connectivity index (χ0v) is 9.48. The highest BCUT2D eigenvalue weighted by Gasteiger charge is 2.01. The quantitative estimate of drug-likeness (QED) is 0.848. The van der Waals surface area contributed by atoms with Gasteiger partial charge in [-0.15, -0.1) is 0 Å². The fourth-order valence-corrected chi connectivity index (χ4v) is 1.63. The van der Waals surface area contributed by atoms with E-state index in [4.69, 9.17) is 5.11 Å². The number of aromatic nitrogens is 2. The molecule has 0 bridgehead atoms. The van der Waals surface area contributed by atoms with Gasteiger partial charge in [-0.05, 0) is 39.7 Å². The van der Waals surface area contributed by atoms with Crippen LogP contribution >= 0.6 is 15.9 Å². The molecule has 2 heterocycles. The molecule has 1 N–H and O–H groups in total. The van der Waals surface area contributed by atoms with Crippen molar-refractivity contribution >= 4 is 15.9 Å². The highest BCUT2D eigenvalue weighted by molar-refractivity contribution is 9.10. The summed E-state index contributed by atoms with van der Waals surface area (Å²) < 4.78 is 0.786. The summed E-state index contributed by atoms with van der Waals surface area (Å²) >= 11 is 3.31. The minimum absolute atomic E-state index is 0.00512. The van der Waals surface area contributed by atoms with Crippen molar-refractivity contribution in [1.82, 2.24) is 9.97 Å². The van der Waals surface area contributed by atoms with E-state index in [0.717, 1.165) is 21.4 Å². The van der Waals surface area contributed by atoms with Crippen LogP contribution in [0.2, 0.25) is 0 Å². The highest BCUT2D eigenvalue weighted by Crippen LogP contribution is 2.19. The maximum Gasteiger partial charge on any atom is 0.106 e. The molecule has 0 fully saturated rings. The SMILES string of the molecule is OCc1cncc(-c2cccc(Br)n2)c1. The Morgan fingerprint density at radius 2 is 2.13 bits per heavy atom. The molecule has 0 aromatic carbocycles. The first-order chi connectivity index (χ1) is 7.29. The molecular weight excluding hydrogens is 256 g/mol. The van der Waals surface area contributed by atoms with Crippen LogP contribution in [0.15, 0.2) is 41.3 Å². The van der Waals surface area contributed by atoms with E-state index in [1.807, 2.05) is 24.3 Å². The minimum atomic E-state index is -0.00512. The van der Waals surface area contributed by atoms with Gasteiger partial charge in [-0.3, -0.25) is 4.98 Å². The Labute approximate surface area is 96.0 Å². The number of aliphatic hydroxyl groups excluding tert-OH is 1. The summed E-state index contributed by atoms with van der Waals surface area (Å²) in [6.45, 7) is -0.00512. The van der Waals surface area contributed by atoms with Crippen LogP contribution < -0.4 is 0 Å². The van der Waals surface area contributed by atoms with Crippen molar-refractivity contribution in [3.8, 4) is 11.3 Å². The molecule has 0 aliphatic rings. The second kappa shape index (κ2) is 4.51. The van der Waals surface area contributed by atoms with E-state index in [1.54, 1.807) is 12.4 Å². The summed E-state index contributed by atoms with van der Waals surface area (Å²) in [4.78, 5) is 8.36. The van der Waals surface area contributed by atoms with Crippen LogP contribution in [0, 0.1) is 0 Å². The minimum Gasteiger partial charge on any atom is -0.392 e. The first kappa shape index (κ1) is 10.3. The number of aliphatic hydroxyl groups is 1. The van der Waals surface area contributed by atoms with Crippen molar-refractivity contribution in [3.05, 3.63) is 46.8 Å². The highest BCUT2D eigenvalue weighted by atomic mass is 79.9. The first-order valence-corrected chi connectivity index (χ1v) is 5.26. The van der Waals surface area contributed by atoms with E-state index in [-0.39, 0.29) is 6.61 Å². The molecule has 3 nitrogen and oxygen atoms in total. The molecule has 0 saturated heterocycles. The second-order valence-electron chi connectivity index (χ2n) is 3.09. The molecule has 0 aliphatic carbocycles. The number of pyridine rings is 2. The van der Waals surface area contributed by atoms with Gasteiger partial charge in [-0.2, -0.15) is 0 Å². The molecule has 0 amide bonds. The summed E-state index contributed by atoms with van der Waals surface area (Å²) in [5.41, 5.74) is 2.53. The number of nitrogens with zero attached hydrogens (tertiary/aromatic N) is 2. The predicted octanol–water partition coefficient (Wildman–Crippen LogP) is 2.40. The third kappa shape index (κ3) is 2.40. The maximum absolute atomic E-state index is 8.99. The monoisotopic (exact) mass is 264 g/mol. The Balaban J connectivity index is 2.44. The molecule has 2 aromatic heterocycles. The Morgan fingerprint density at radius 3 is 2.87 bits per heavy atom. The van der Waals surface area contributed by atoms with Gasteiger partial charge in [0.05, 0.1) is 12.3 Å². The fourth-order valence-electron chi connectivity index (χ4n) is 1.28. The van der Waals surface area contributed by atoms with Crippen LogP contribution in [0.25, 0.3) is 11.3 Å². The molecule has 0 radical (unpaired) electrons. The van der Waals surface area contributed by atoms with Gasteiger partial charge in [0.25, 0.3) is 0 Å². The van der Waals surface area contributed by atoms with Gasteiger partial charge in [-0.25, -0.2) is 4.98 Å². The zero-order valence-electron chi connectivity index (χ0n) is 7.89. The topological polar surface area (TPSA) is 46.0 Å². The molecule has 2 aromatic rings. The summed E-state index contributed by atoms with van der Waals surface area (Å²) in [6, 6.07) is 7.57. The van der Waals surface area contributed by atoms with Crippen LogP contribution in [0.5, 0.6) is 0 Å². The number of halogens is 1. The van der Waals surface area contributed by atoms with Gasteiger partial charge < -0.3 is 5.11 Å². The van der Waals surface area contributed by atoms with Crippen molar-refractivity contribution in [1.29, 1.82) is 0 Å². The van der Waals surface area contributed by atoms with Crippen LogP contribution in [-0.4, -0.2) is 15.1 Å². The lowest BCUT2D eigenvalue weighted by Gasteiger charge is -2.02. The standard InChI is InChI=1S/C11H9BrN2O/c12-11-3-1-2-10(14-11)9-4-8(7-15)5-13-6-9/h1-6,15H,7H2. The molecule has 4 heteroatoms. The largest absolute Gasteiger partial charge is 0.392 e. The lowest BCUT2D eigenvalue weighted by atomic mass is 10.1. The van der Waals surface area contributed by atoms with Gasteiger partial charge in [0.2, 0.25) is 0 Å². The molecule has 0 saturated carbocycles. The summed E-state index contributed by atoms with van der Waals surface area (Å²) in [5, 5.41) is 8.99. The van der Waals surface area contributed by atoms with Crippen LogP contribution in [0.3, 0.4) is 0 Å². The van der Waals surface area contributed by atoms with Gasteiger partial charge in [0.1, 0.15) is 4.60 Å². The molecular formula is C11H9BrN2O. The number of rotatable bonds is 2. The Hall–Kier alpha value is -1.26. The van der Waals surface area contributed by atoms with Crippen molar-refractivity contribution in [2.75, 3.05) is 0 Å². The van der Waals surface area contributed by atoms with Crippen LogP contribution in [0.1, 0.15) is 5.56 Å². The van der Waals surface area contributed by atoms with Crippen molar-refractivity contribution < 1.29 is 5.11 Å². The van der Waals surface area contributed by atoms with E-state index >= 15 is 0 Å². The molecule has 76 valence electrons. The Bertz CT molecular complexity index is 474. The predicted molar refractivity (Wildman–Crippen MR) is 61.1 cm³/mol. The molecule has 0 spiro atoms. The van der Waals surface area contributed by atoms with Crippen molar-refractivity contribution in [3.63, 3.8) is 0 Å². The third-order valence-corrected chi connectivity index (χ3v) is 2.43. The van der Waals surface area contributed by atoms with Gasteiger partial charge in [-0.1, -0.05) is 6.07 Å². The molecule has 0 atom stereocenters. The van der Waals surface area contributed by atoms with Crippen molar-refractivity contribution in [2.45, 2.75) is 6.61 Å². The van der Waals surface area contributed by atoms with Crippen molar-refractivity contribution in [2.24, 2.45) is 0 Å². The van der Waals surface area contributed by atoms with Crippen LogP contribution in [-0.2, 0) is 6.61 Å². The smallest absolute Gasteiger partial charge is 0.106 e. The summed E-state index contributed by atoms with van der Waals surface area (Å²) in [6.07, 6.45) is 3.37. The first-order valence-electron chi connectivity index (χ1n) is 4.47. The Kier molecular flexibility index (Phi) is 3.08. The zero-order chi connectivity index (χ0) is 10.7. The van der Waals surface area contributed by atoms with E-state index in [1.165, 1.54) is 0 Å². The number of hydrogen-bond donors (Lipinski definition) is 1. The van der Waals surface area contributed by atoms with E-state index in [9.17, 15) is 0 Å². The van der Waals surface area contributed by atoms with E-state index < -0.39 is 0 Å². The average molecular weight is 265 g/mol. The molecule has 15 heavy (non-hydrogen) atoms.